The van der Waals surface area contributed by atoms with Crippen molar-refractivity contribution >= 4 is 5.95 Å². The Morgan fingerprint density at radius 3 is 2.74 bits per heavy atom. The molecule has 0 aromatic carbocycles. The fraction of sp³-hybridized carbons (Fsp3) is 0.750. The van der Waals surface area contributed by atoms with E-state index in [-0.39, 0.29) is 6.42 Å². The summed E-state index contributed by atoms with van der Waals surface area (Å²) in [5, 5.41) is 3.06. The first-order chi connectivity index (χ1) is 8.92. The molecule has 1 aromatic heterocycles. The Morgan fingerprint density at radius 1 is 1.37 bits per heavy atom. The van der Waals surface area contributed by atoms with Crippen LogP contribution in [0.5, 0.6) is 0 Å². The van der Waals surface area contributed by atoms with Crippen LogP contribution in [-0.4, -0.2) is 36.0 Å². The van der Waals surface area contributed by atoms with Crippen molar-refractivity contribution in [3.05, 3.63) is 11.9 Å². The zero-order chi connectivity index (χ0) is 14.3. The molecule has 0 aliphatic heterocycles. The molecule has 1 heterocycles. The van der Waals surface area contributed by atoms with Crippen LogP contribution in [0.15, 0.2) is 6.20 Å². The van der Waals surface area contributed by atoms with Gasteiger partial charge in [0.15, 0.2) is 0 Å². The van der Waals surface area contributed by atoms with E-state index < -0.39 is 12.6 Å². The number of rotatable bonds is 8. The van der Waals surface area contributed by atoms with Gasteiger partial charge < -0.3 is 14.6 Å². The average Bonchev–Trinajstić information content (AvgIpc) is 2.65. The summed E-state index contributed by atoms with van der Waals surface area (Å²) in [6.45, 7) is 3.60. The minimum absolute atomic E-state index is 0.133. The van der Waals surface area contributed by atoms with Crippen molar-refractivity contribution in [2.75, 3.05) is 25.6 Å². The summed E-state index contributed by atoms with van der Waals surface area (Å²) in [4.78, 5) is 4.28. The standard InChI is InChI=1S/C12H20F3N3O/c1-10-9-18(7-8-19-2)11(17-10)16-6-4-3-5-12(13,14)15/h9H,3-8H2,1-2H3,(H,16,17). The quantitative estimate of drug-likeness (QED) is 0.744. The summed E-state index contributed by atoms with van der Waals surface area (Å²) in [7, 11) is 1.62. The summed E-state index contributed by atoms with van der Waals surface area (Å²) in [6, 6.07) is 0. The predicted octanol–water partition coefficient (Wildman–Crippen LogP) is 2.98. The van der Waals surface area contributed by atoms with Gasteiger partial charge in [-0.15, -0.1) is 0 Å². The molecule has 1 N–H and O–H groups in total. The summed E-state index contributed by atoms with van der Waals surface area (Å²) in [5.41, 5.74) is 0.869. The first-order valence-corrected chi connectivity index (χ1v) is 6.25. The van der Waals surface area contributed by atoms with E-state index in [0.717, 1.165) is 5.69 Å². The van der Waals surface area contributed by atoms with Crippen molar-refractivity contribution < 1.29 is 17.9 Å². The molecule has 1 aromatic rings. The summed E-state index contributed by atoms with van der Waals surface area (Å²) >= 11 is 0. The van der Waals surface area contributed by atoms with Crippen LogP contribution in [0.4, 0.5) is 19.1 Å². The van der Waals surface area contributed by atoms with Crippen LogP contribution in [0.3, 0.4) is 0 Å². The maximum atomic E-state index is 12.0. The number of nitrogens with zero attached hydrogens (tertiary/aromatic N) is 2. The van der Waals surface area contributed by atoms with E-state index in [4.69, 9.17) is 4.74 Å². The molecule has 1 rings (SSSR count). The van der Waals surface area contributed by atoms with Crippen LogP contribution in [0.1, 0.15) is 25.0 Å². The summed E-state index contributed by atoms with van der Waals surface area (Å²) in [6.07, 6.45) is -2.31. The number of nitrogens with one attached hydrogen (secondary N) is 1. The Kier molecular flexibility index (Phi) is 6.14. The SMILES string of the molecule is COCCn1cc(C)nc1NCCCCC(F)(F)F. The van der Waals surface area contributed by atoms with Crippen molar-refractivity contribution in [1.82, 2.24) is 9.55 Å². The van der Waals surface area contributed by atoms with Gasteiger partial charge in [0.25, 0.3) is 0 Å². The number of aryl methyl sites for hydroxylation is 1. The van der Waals surface area contributed by atoms with Gasteiger partial charge in [-0.25, -0.2) is 4.98 Å². The van der Waals surface area contributed by atoms with Crippen LogP contribution >= 0.6 is 0 Å². The van der Waals surface area contributed by atoms with E-state index >= 15 is 0 Å². The van der Waals surface area contributed by atoms with E-state index in [0.29, 0.717) is 32.1 Å². The zero-order valence-corrected chi connectivity index (χ0v) is 11.3. The Hall–Kier alpha value is -1.24. The topological polar surface area (TPSA) is 39.1 Å². The van der Waals surface area contributed by atoms with Crippen LogP contribution < -0.4 is 5.32 Å². The number of imidazole rings is 1. The molecule has 0 saturated carbocycles. The van der Waals surface area contributed by atoms with Gasteiger partial charge in [-0.3, -0.25) is 0 Å². The highest BCUT2D eigenvalue weighted by molar-refractivity contribution is 5.28. The van der Waals surface area contributed by atoms with Crippen molar-refractivity contribution in [3.63, 3.8) is 0 Å². The number of aromatic nitrogens is 2. The highest BCUT2D eigenvalue weighted by Gasteiger charge is 2.25. The maximum absolute atomic E-state index is 12.0. The molecule has 0 saturated heterocycles. The molecule has 0 unspecified atom stereocenters. The largest absolute Gasteiger partial charge is 0.389 e. The van der Waals surface area contributed by atoms with Gasteiger partial charge in [0.2, 0.25) is 5.95 Å². The van der Waals surface area contributed by atoms with Gasteiger partial charge in [-0.05, 0) is 19.8 Å². The molecule has 0 spiro atoms. The summed E-state index contributed by atoms with van der Waals surface area (Å²) < 4.78 is 42.8. The molecule has 0 radical (unpaired) electrons. The summed E-state index contributed by atoms with van der Waals surface area (Å²) in [5.74, 6) is 0.682. The lowest BCUT2D eigenvalue weighted by Crippen LogP contribution is -2.12. The molecule has 110 valence electrons. The molecule has 0 fully saturated rings. The Labute approximate surface area is 111 Å². The molecule has 0 amide bonds. The molecular formula is C12H20F3N3O. The van der Waals surface area contributed by atoms with Gasteiger partial charge in [0.1, 0.15) is 0 Å². The number of ether oxygens (including phenoxy) is 1. The molecule has 7 heteroatoms. The second kappa shape index (κ2) is 7.37. The van der Waals surface area contributed by atoms with E-state index in [1.807, 2.05) is 17.7 Å². The van der Waals surface area contributed by atoms with Gasteiger partial charge in [-0.1, -0.05) is 0 Å². The number of hydrogen-bond acceptors (Lipinski definition) is 3. The van der Waals surface area contributed by atoms with E-state index in [1.54, 1.807) is 7.11 Å². The number of anilines is 1. The molecular weight excluding hydrogens is 259 g/mol. The zero-order valence-electron chi connectivity index (χ0n) is 11.3. The third-order valence-electron chi connectivity index (χ3n) is 2.60. The maximum Gasteiger partial charge on any atom is 0.389 e. The molecule has 0 aliphatic carbocycles. The Morgan fingerprint density at radius 2 is 2.11 bits per heavy atom. The predicted molar refractivity (Wildman–Crippen MR) is 67.2 cm³/mol. The third kappa shape index (κ3) is 6.47. The number of halogens is 3. The van der Waals surface area contributed by atoms with E-state index in [1.165, 1.54) is 0 Å². The molecule has 19 heavy (non-hydrogen) atoms. The number of hydrogen-bond donors (Lipinski definition) is 1. The van der Waals surface area contributed by atoms with Crippen molar-refractivity contribution in [2.24, 2.45) is 0 Å². The minimum atomic E-state index is -4.06. The van der Waals surface area contributed by atoms with Gasteiger partial charge in [0.05, 0.1) is 12.3 Å². The second-order valence-corrected chi connectivity index (χ2v) is 4.39. The number of alkyl halides is 3. The van der Waals surface area contributed by atoms with Crippen LogP contribution in [0.25, 0.3) is 0 Å². The first kappa shape index (κ1) is 15.8. The van der Waals surface area contributed by atoms with Crippen LogP contribution in [0, 0.1) is 6.92 Å². The van der Waals surface area contributed by atoms with Crippen LogP contribution in [0.2, 0.25) is 0 Å². The van der Waals surface area contributed by atoms with Crippen molar-refractivity contribution in [3.8, 4) is 0 Å². The Bertz CT molecular complexity index is 377. The average molecular weight is 279 g/mol. The van der Waals surface area contributed by atoms with Gasteiger partial charge in [0, 0.05) is 32.8 Å². The smallest absolute Gasteiger partial charge is 0.383 e. The van der Waals surface area contributed by atoms with E-state index in [2.05, 4.69) is 10.3 Å². The van der Waals surface area contributed by atoms with E-state index in [9.17, 15) is 13.2 Å². The van der Waals surface area contributed by atoms with Crippen molar-refractivity contribution in [1.29, 1.82) is 0 Å². The van der Waals surface area contributed by atoms with Gasteiger partial charge in [-0.2, -0.15) is 13.2 Å². The normalized spacial score (nSPS) is 11.8. The Balaban J connectivity index is 2.32. The lowest BCUT2D eigenvalue weighted by molar-refractivity contribution is -0.135. The minimum Gasteiger partial charge on any atom is -0.383 e. The fourth-order valence-electron chi connectivity index (χ4n) is 1.70. The number of methoxy groups -OCH3 is 1. The highest BCUT2D eigenvalue weighted by Crippen LogP contribution is 2.22. The van der Waals surface area contributed by atoms with Crippen LogP contribution in [-0.2, 0) is 11.3 Å². The lowest BCUT2D eigenvalue weighted by Gasteiger charge is -2.09. The van der Waals surface area contributed by atoms with Crippen molar-refractivity contribution in [2.45, 2.75) is 38.9 Å². The first-order valence-electron chi connectivity index (χ1n) is 6.25. The monoisotopic (exact) mass is 279 g/mol. The second-order valence-electron chi connectivity index (χ2n) is 4.39. The fourth-order valence-corrected chi connectivity index (χ4v) is 1.70. The third-order valence-corrected chi connectivity index (χ3v) is 2.60. The lowest BCUT2D eigenvalue weighted by atomic mass is 10.2. The molecule has 0 aliphatic rings. The molecule has 4 nitrogen and oxygen atoms in total. The molecule has 0 bridgehead atoms. The molecule has 0 atom stereocenters. The highest BCUT2D eigenvalue weighted by atomic mass is 19.4. The van der Waals surface area contributed by atoms with Gasteiger partial charge >= 0.3 is 6.18 Å². The number of unbranched alkanes of at least 4 members (excludes halogenated alkanes) is 1.